The summed E-state index contributed by atoms with van der Waals surface area (Å²) in [6.45, 7) is 5.52. The highest BCUT2D eigenvalue weighted by molar-refractivity contribution is 9.10. The minimum atomic E-state index is 0.252. The summed E-state index contributed by atoms with van der Waals surface area (Å²) in [7, 11) is 0. The molecule has 1 aromatic rings. The Morgan fingerprint density at radius 2 is 2.20 bits per heavy atom. The molecule has 3 nitrogen and oxygen atoms in total. The van der Waals surface area contributed by atoms with Gasteiger partial charge in [0.15, 0.2) is 0 Å². The number of hydroxylamine groups is 1. The van der Waals surface area contributed by atoms with Crippen LogP contribution in [0.15, 0.2) is 22.7 Å². The van der Waals surface area contributed by atoms with Crippen molar-refractivity contribution in [2.75, 3.05) is 6.61 Å². The van der Waals surface area contributed by atoms with E-state index in [1.807, 2.05) is 12.1 Å². The summed E-state index contributed by atoms with van der Waals surface area (Å²) >= 11 is 3.26. The van der Waals surface area contributed by atoms with Gasteiger partial charge in [-0.1, -0.05) is 19.9 Å². The van der Waals surface area contributed by atoms with E-state index in [-0.39, 0.29) is 5.75 Å². The van der Waals surface area contributed by atoms with Gasteiger partial charge in [0.1, 0.15) is 5.75 Å². The van der Waals surface area contributed by atoms with Crippen molar-refractivity contribution in [1.82, 2.24) is 5.48 Å². The SMILES string of the molecule is CC(C)CONCc1ccc(O)c(Br)c1. The maximum Gasteiger partial charge on any atom is 0.129 e. The quantitative estimate of drug-likeness (QED) is 0.641. The zero-order chi connectivity index (χ0) is 11.3. The molecule has 0 saturated carbocycles. The van der Waals surface area contributed by atoms with Gasteiger partial charge in [-0.25, -0.2) is 0 Å². The molecule has 1 rings (SSSR count). The first kappa shape index (κ1) is 12.5. The Kier molecular flexibility index (Phi) is 5.08. The normalized spacial score (nSPS) is 10.9. The van der Waals surface area contributed by atoms with Crippen LogP contribution in [0.5, 0.6) is 5.75 Å². The van der Waals surface area contributed by atoms with E-state index in [9.17, 15) is 5.11 Å². The van der Waals surface area contributed by atoms with Crippen molar-refractivity contribution < 1.29 is 9.94 Å². The van der Waals surface area contributed by atoms with Crippen molar-refractivity contribution in [3.63, 3.8) is 0 Å². The number of aromatic hydroxyl groups is 1. The fourth-order valence-electron chi connectivity index (χ4n) is 1.02. The molecule has 84 valence electrons. The molecule has 0 unspecified atom stereocenters. The summed E-state index contributed by atoms with van der Waals surface area (Å²) < 4.78 is 0.700. The number of hydrogen-bond donors (Lipinski definition) is 2. The van der Waals surface area contributed by atoms with Crippen LogP contribution >= 0.6 is 15.9 Å². The van der Waals surface area contributed by atoms with Crippen molar-refractivity contribution >= 4 is 15.9 Å². The molecular weight excluding hydrogens is 258 g/mol. The fourth-order valence-corrected chi connectivity index (χ4v) is 1.45. The Hall–Kier alpha value is -0.580. The van der Waals surface area contributed by atoms with E-state index >= 15 is 0 Å². The molecule has 0 aromatic heterocycles. The molecule has 0 fully saturated rings. The highest BCUT2D eigenvalue weighted by Crippen LogP contribution is 2.24. The Balaban J connectivity index is 2.35. The number of benzene rings is 1. The summed E-state index contributed by atoms with van der Waals surface area (Å²) in [5.74, 6) is 0.769. The van der Waals surface area contributed by atoms with Gasteiger partial charge in [0.2, 0.25) is 0 Å². The van der Waals surface area contributed by atoms with E-state index in [4.69, 9.17) is 4.84 Å². The average Bonchev–Trinajstić information content (AvgIpc) is 2.18. The van der Waals surface area contributed by atoms with E-state index < -0.39 is 0 Å². The fraction of sp³-hybridized carbons (Fsp3) is 0.455. The molecule has 0 aliphatic rings. The van der Waals surface area contributed by atoms with Gasteiger partial charge in [-0.15, -0.1) is 0 Å². The van der Waals surface area contributed by atoms with E-state index in [1.165, 1.54) is 0 Å². The third kappa shape index (κ3) is 4.64. The van der Waals surface area contributed by atoms with E-state index in [0.29, 0.717) is 23.5 Å². The van der Waals surface area contributed by atoms with Gasteiger partial charge in [0, 0.05) is 6.54 Å². The lowest BCUT2D eigenvalue weighted by atomic mass is 10.2. The standard InChI is InChI=1S/C11H16BrNO2/c1-8(2)7-15-13-6-9-3-4-11(14)10(12)5-9/h3-5,8,13-14H,6-7H2,1-2H3. The molecule has 0 saturated heterocycles. The molecule has 4 heteroatoms. The first-order valence-electron chi connectivity index (χ1n) is 4.91. The Labute approximate surface area is 98.5 Å². The monoisotopic (exact) mass is 273 g/mol. The Morgan fingerprint density at radius 1 is 1.47 bits per heavy atom. The summed E-state index contributed by atoms with van der Waals surface area (Å²) in [6, 6.07) is 5.37. The maximum absolute atomic E-state index is 9.29. The van der Waals surface area contributed by atoms with Crippen molar-refractivity contribution in [3.05, 3.63) is 28.2 Å². The van der Waals surface area contributed by atoms with Crippen LogP contribution in [-0.4, -0.2) is 11.7 Å². The highest BCUT2D eigenvalue weighted by atomic mass is 79.9. The topological polar surface area (TPSA) is 41.5 Å². The van der Waals surface area contributed by atoms with Crippen LogP contribution in [0.1, 0.15) is 19.4 Å². The predicted molar refractivity (Wildman–Crippen MR) is 63.4 cm³/mol. The second kappa shape index (κ2) is 6.10. The molecule has 0 bridgehead atoms. The van der Waals surface area contributed by atoms with Crippen LogP contribution in [0.25, 0.3) is 0 Å². The zero-order valence-electron chi connectivity index (χ0n) is 8.96. The lowest BCUT2D eigenvalue weighted by Crippen LogP contribution is -2.17. The van der Waals surface area contributed by atoms with Crippen LogP contribution in [0.4, 0.5) is 0 Å². The highest BCUT2D eigenvalue weighted by Gasteiger charge is 1.99. The lowest BCUT2D eigenvalue weighted by molar-refractivity contribution is 0.0196. The van der Waals surface area contributed by atoms with Gasteiger partial charge in [-0.05, 0) is 39.5 Å². The van der Waals surface area contributed by atoms with E-state index in [0.717, 1.165) is 5.56 Å². The van der Waals surface area contributed by atoms with Gasteiger partial charge >= 0.3 is 0 Å². The van der Waals surface area contributed by atoms with Crippen molar-refractivity contribution in [2.45, 2.75) is 20.4 Å². The van der Waals surface area contributed by atoms with Crippen molar-refractivity contribution in [2.24, 2.45) is 5.92 Å². The Bertz CT molecular complexity index is 315. The summed E-state index contributed by atoms with van der Waals surface area (Å²) in [4.78, 5) is 5.24. The molecule has 1 aromatic carbocycles. The first-order chi connectivity index (χ1) is 7.09. The largest absolute Gasteiger partial charge is 0.507 e. The lowest BCUT2D eigenvalue weighted by Gasteiger charge is -2.08. The number of phenolic OH excluding ortho intramolecular Hbond substituents is 1. The third-order valence-electron chi connectivity index (χ3n) is 1.81. The van der Waals surface area contributed by atoms with Crippen LogP contribution in [-0.2, 0) is 11.4 Å². The molecule has 0 spiro atoms. The second-order valence-corrected chi connectivity index (χ2v) is 4.67. The zero-order valence-corrected chi connectivity index (χ0v) is 10.5. The van der Waals surface area contributed by atoms with Gasteiger partial charge in [-0.2, -0.15) is 5.48 Å². The third-order valence-corrected chi connectivity index (χ3v) is 2.44. The molecule has 0 aliphatic carbocycles. The summed E-state index contributed by atoms with van der Waals surface area (Å²) in [5, 5.41) is 9.29. The number of nitrogens with one attached hydrogen (secondary N) is 1. The van der Waals surface area contributed by atoms with Gasteiger partial charge in [-0.3, -0.25) is 0 Å². The summed E-state index contributed by atoms with van der Waals surface area (Å²) in [5.41, 5.74) is 3.94. The molecule has 0 aliphatic heterocycles. The van der Waals surface area contributed by atoms with Gasteiger partial charge < -0.3 is 9.94 Å². The van der Waals surface area contributed by atoms with Crippen LogP contribution in [0.3, 0.4) is 0 Å². The minimum absolute atomic E-state index is 0.252. The molecular formula is C11H16BrNO2. The molecule has 0 radical (unpaired) electrons. The number of halogens is 1. The number of rotatable bonds is 5. The predicted octanol–water partition coefficient (Wildman–Crippen LogP) is 2.83. The molecule has 0 amide bonds. The first-order valence-corrected chi connectivity index (χ1v) is 5.71. The number of hydrogen-bond acceptors (Lipinski definition) is 3. The average molecular weight is 274 g/mol. The van der Waals surface area contributed by atoms with Gasteiger partial charge in [0.05, 0.1) is 11.1 Å². The van der Waals surface area contributed by atoms with Crippen LogP contribution in [0, 0.1) is 5.92 Å². The van der Waals surface area contributed by atoms with Gasteiger partial charge in [0.25, 0.3) is 0 Å². The van der Waals surface area contributed by atoms with E-state index in [2.05, 4.69) is 35.3 Å². The number of phenols is 1. The summed E-state index contributed by atoms with van der Waals surface area (Å²) in [6.07, 6.45) is 0. The minimum Gasteiger partial charge on any atom is -0.507 e. The molecule has 2 N–H and O–H groups in total. The molecule has 0 heterocycles. The Morgan fingerprint density at radius 3 is 2.80 bits per heavy atom. The second-order valence-electron chi connectivity index (χ2n) is 3.81. The van der Waals surface area contributed by atoms with Crippen LogP contribution < -0.4 is 5.48 Å². The maximum atomic E-state index is 9.29. The van der Waals surface area contributed by atoms with Crippen LogP contribution in [0.2, 0.25) is 0 Å². The van der Waals surface area contributed by atoms with Crippen molar-refractivity contribution in [1.29, 1.82) is 0 Å². The van der Waals surface area contributed by atoms with Crippen molar-refractivity contribution in [3.8, 4) is 5.75 Å². The molecule has 0 atom stereocenters. The smallest absolute Gasteiger partial charge is 0.129 e. The van der Waals surface area contributed by atoms with E-state index in [1.54, 1.807) is 6.07 Å². The molecule has 15 heavy (non-hydrogen) atoms.